The van der Waals surface area contributed by atoms with Gasteiger partial charge in [-0.1, -0.05) is 6.07 Å². The fraction of sp³-hybridized carbons (Fsp3) is 0.417. The summed E-state index contributed by atoms with van der Waals surface area (Å²) >= 11 is 4.16. The number of carbonyl (C=O) groups is 1. The van der Waals surface area contributed by atoms with Crippen LogP contribution in [-0.4, -0.2) is 32.7 Å². The molecular weight excluding hydrogens is 284 g/mol. The summed E-state index contributed by atoms with van der Waals surface area (Å²) in [4.78, 5) is 12.6. The summed E-state index contributed by atoms with van der Waals surface area (Å²) in [7, 11) is -3.31. The van der Waals surface area contributed by atoms with Crippen molar-refractivity contribution in [2.45, 2.75) is 24.3 Å². The molecule has 0 bridgehead atoms. The van der Waals surface area contributed by atoms with Gasteiger partial charge in [0.05, 0.1) is 6.26 Å². The maximum Gasteiger partial charge on any atom is 0.251 e. The minimum Gasteiger partial charge on any atom is -0.350 e. The topological polar surface area (TPSA) is 75.3 Å². The van der Waals surface area contributed by atoms with Crippen molar-refractivity contribution in [1.82, 2.24) is 10.0 Å². The van der Waals surface area contributed by atoms with E-state index in [1.54, 1.807) is 38.1 Å². The maximum atomic E-state index is 11.9. The molecule has 0 spiro atoms. The lowest BCUT2D eigenvalue weighted by Gasteiger charge is -2.25. The molecule has 0 fully saturated rings. The van der Waals surface area contributed by atoms with E-state index < -0.39 is 15.6 Å². The molecule has 0 heterocycles. The molecule has 19 heavy (non-hydrogen) atoms. The normalized spacial score (nSPS) is 12.2. The average molecular weight is 302 g/mol. The Balaban J connectivity index is 2.64. The first-order valence-electron chi connectivity index (χ1n) is 5.65. The van der Waals surface area contributed by atoms with Crippen LogP contribution in [0.1, 0.15) is 24.2 Å². The third-order valence-electron chi connectivity index (χ3n) is 2.26. The molecule has 0 atom stereocenters. The van der Waals surface area contributed by atoms with Crippen LogP contribution >= 0.6 is 12.6 Å². The second kappa shape index (κ2) is 5.94. The molecule has 1 aromatic rings. The van der Waals surface area contributed by atoms with Crippen LogP contribution in [0.3, 0.4) is 0 Å². The summed E-state index contributed by atoms with van der Waals surface area (Å²) in [5, 5.41) is 2.69. The summed E-state index contributed by atoms with van der Waals surface area (Å²) < 4.78 is 24.8. The van der Waals surface area contributed by atoms with E-state index in [1.807, 2.05) is 0 Å². The highest BCUT2D eigenvalue weighted by molar-refractivity contribution is 7.88. The van der Waals surface area contributed by atoms with Crippen molar-refractivity contribution in [3.05, 3.63) is 29.8 Å². The monoisotopic (exact) mass is 302 g/mol. The van der Waals surface area contributed by atoms with Crippen LogP contribution in [0.15, 0.2) is 29.2 Å². The van der Waals surface area contributed by atoms with Crippen LogP contribution in [0.25, 0.3) is 0 Å². The minimum atomic E-state index is -3.31. The lowest BCUT2D eigenvalue weighted by molar-refractivity contribution is 0.0944. The van der Waals surface area contributed by atoms with Crippen molar-refractivity contribution < 1.29 is 13.2 Å². The van der Waals surface area contributed by atoms with Gasteiger partial charge >= 0.3 is 0 Å². The first-order valence-corrected chi connectivity index (χ1v) is 7.99. The zero-order chi connectivity index (χ0) is 14.7. The number of hydrogen-bond donors (Lipinski definition) is 3. The highest BCUT2D eigenvalue weighted by Crippen LogP contribution is 2.09. The number of hydrogen-bond acceptors (Lipinski definition) is 4. The highest BCUT2D eigenvalue weighted by atomic mass is 32.2. The molecule has 106 valence electrons. The van der Waals surface area contributed by atoms with Gasteiger partial charge in [0.25, 0.3) is 5.91 Å². The van der Waals surface area contributed by atoms with Gasteiger partial charge in [-0.05, 0) is 32.0 Å². The molecule has 2 N–H and O–H groups in total. The fourth-order valence-electron chi connectivity index (χ4n) is 1.59. The van der Waals surface area contributed by atoms with Gasteiger partial charge in [-0.15, -0.1) is 12.6 Å². The van der Waals surface area contributed by atoms with Crippen molar-refractivity contribution in [1.29, 1.82) is 0 Å². The van der Waals surface area contributed by atoms with E-state index in [4.69, 9.17) is 0 Å². The molecule has 0 unspecified atom stereocenters. The molecule has 1 aromatic carbocycles. The summed E-state index contributed by atoms with van der Waals surface area (Å²) in [6.07, 6.45) is 1.08. The first-order chi connectivity index (χ1) is 8.59. The molecular formula is C12H18N2O3S2. The Labute approximate surface area is 119 Å². The molecule has 0 aromatic heterocycles. The molecule has 1 amide bonds. The van der Waals surface area contributed by atoms with Crippen molar-refractivity contribution in [3.8, 4) is 0 Å². The van der Waals surface area contributed by atoms with Crippen molar-refractivity contribution in [2.75, 3.05) is 12.8 Å². The van der Waals surface area contributed by atoms with Gasteiger partial charge in [-0.25, -0.2) is 13.1 Å². The zero-order valence-corrected chi connectivity index (χ0v) is 12.8. The van der Waals surface area contributed by atoms with Gasteiger partial charge < -0.3 is 5.32 Å². The smallest absolute Gasteiger partial charge is 0.251 e. The van der Waals surface area contributed by atoms with Gasteiger partial charge in [0, 0.05) is 22.5 Å². The Morgan fingerprint density at radius 1 is 1.37 bits per heavy atom. The van der Waals surface area contributed by atoms with Crippen molar-refractivity contribution >= 4 is 28.6 Å². The van der Waals surface area contributed by atoms with Crippen LogP contribution < -0.4 is 10.0 Å². The number of thiol groups is 1. The van der Waals surface area contributed by atoms with E-state index in [9.17, 15) is 13.2 Å². The Kier molecular flexibility index (Phi) is 5.00. The number of carbonyl (C=O) groups excluding carboxylic acids is 1. The predicted octanol–water partition coefficient (Wildman–Crippen LogP) is 1.03. The summed E-state index contributed by atoms with van der Waals surface area (Å²) in [5.74, 6) is -0.265. The van der Waals surface area contributed by atoms with Gasteiger partial charge in [0.1, 0.15) is 0 Å². The summed E-state index contributed by atoms with van der Waals surface area (Å²) in [6, 6.07) is 6.83. The Morgan fingerprint density at radius 2 is 2.00 bits per heavy atom. The summed E-state index contributed by atoms with van der Waals surface area (Å²) in [5.41, 5.74) is -0.260. The number of sulfonamides is 1. The molecule has 0 aliphatic carbocycles. The Bertz CT molecular complexity index is 568. The molecule has 7 heteroatoms. The molecule has 0 saturated carbocycles. The van der Waals surface area contributed by atoms with Gasteiger partial charge in [0.2, 0.25) is 10.0 Å². The van der Waals surface area contributed by atoms with Crippen LogP contribution in [0.2, 0.25) is 0 Å². The lowest BCUT2D eigenvalue weighted by Crippen LogP contribution is -2.51. The van der Waals surface area contributed by atoms with Gasteiger partial charge in [-0.2, -0.15) is 0 Å². The molecule has 0 aliphatic rings. The molecule has 0 saturated heterocycles. The predicted molar refractivity (Wildman–Crippen MR) is 78.1 cm³/mol. The average Bonchev–Trinajstić information content (AvgIpc) is 2.22. The Hall–Kier alpha value is -1.05. The van der Waals surface area contributed by atoms with Crippen LogP contribution in [0.5, 0.6) is 0 Å². The molecule has 5 nitrogen and oxygen atoms in total. The first kappa shape index (κ1) is 16.0. The quantitative estimate of drug-likeness (QED) is 0.711. The van der Waals surface area contributed by atoms with Crippen molar-refractivity contribution in [3.63, 3.8) is 0 Å². The van der Waals surface area contributed by atoms with Crippen LogP contribution in [-0.2, 0) is 10.0 Å². The van der Waals surface area contributed by atoms with E-state index in [1.165, 1.54) is 0 Å². The lowest BCUT2D eigenvalue weighted by atomic mass is 10.1. The summed E-state index contributed by atoms with van der Waals surface area (Å²) in [6.45, 7) is 3.59. The van der Waals surface area contributed by atoms with Crippen LogP contribution in [0.4, 0.5) is 0 Å². The fourth-order valence-corrected chi connectivity index (χ4v) is 2.89. The van der Waals surface area contributed by atoms with E-state index in [2.05, 4.69) is 22.7 Å². The third-order valence-corrected chi connectivity index (χ3v) is 3.46. The Morgan fingerprint density at radius 3 is 2.53 bits per heavy atom. The standard InChI is InChI=1S/C12H18N2O3S2/c1-12(2,14-19(3,16)17)8-13-11(15)9-5-4-6-10(18)7-9/h4-7,14,18H,8H2,1-3H3,(H,13,15). The number of nitrogens with one attached hydrogen (secondary N) is 2. The number of amides is 1. The number of benzene rings is 1. The highest BCUT2D eigenvalue weighted by Gasteiger charge is 2.22. The van der Waals surface area contributed by atoms with E-state index in [0.29, 0.717) is 10.5 Å². The van der Waals surface area contributed by atoms with E-state index >= 15 is 0 Å². The van der Waals surface area contributed by atoms with Crippen molar-refractivity contribution in [2.24, 2.45) is 0 Å². The van der Waals surface area contributed by atoms with Gasteiger partial charge in [0.15, 0.2) is 0 Å². The molecule has 0 aliphatic heterocycles. The van der Waals surface area contributed by atoms with Crippen LogP contribution in [0, 0.1) is 0 Å². The molecule has 0 radical (unpaired) electrons. The largest absolute Gasteiger partial charge is 0.350 e. The second-order valence-corrected chi connectivity index (χ2v) is 7.26. The van der Waals surface area contributed by atoms with E-state index in [0.717, 1.165) is 6.26 Å². The third kappa shape index (κ3) is 6.09. The van der Waals surface area contributed by atoms with E-state index in [-0.39, 0.29) is 12.5 Å². The molecule has 1 rings (SSSR count). The zero-order valence-electron chi connectivity index (χ0n) is 11.1. The second-order valence-electron chi connectivity index (χ2n) is 4.99. The maximum absolute atomic E-state index is 11.9. The minimum absolute atomic E-state index is 0.190. The number of rotatable bonds is 5. The SMILES string of the molecule is CC(C)(CNC(=O)c1cccc(S)c1)NS(C)(=O)=O. The van der Waals surface area contributed by atoms with Gasteiger partial charge in [-0.3, -0.25) is 4.79 Å².